The first kappa shape index (κ1) is 15.7. The molecule has 0 saturated carbocycles. The van der Waals surface area contributed by atoms with Crippen LogP contribution in [0, 0.1) is 0 Å². The Morgan fingerprint density at radius 3 is 2.88 bits per heavy atom. The maximum absolute atomic E-state index is 12.6. The second-order valence-corrected chi connectivity index (χ2v) is 6.26. The van der Waals surface area contributed by atoms with Crippen molar-refractivity contribution in [2.75, 3.05) is 31.3 Å². The lowest BCUT2D eigenvalue weighted by Gasteiger charge is -2.19. The smallest absolute Gasteiger partial charge is 0.255 e. The van der Waals surface area contributed by atoms with E-state index >= 15 is 0 Å². The monoisotopic (exact) mass is 339 g/mol. The summed E-state index contributed by atoms with van der Waals surface area (Å²) >= 11 is 0. The van der Waals surface area contributed by atoms with Crippen LogP contribution in [0.3, 0.4) is 0 Å². The van der Waals surface area contributed by atoms with Gasteiger partial charge in [0.1, 0.15) is 5.82 Å². The van der Waals surface area contributed by atoms with Gasteiger partial charge in [0.15, 0.2) is 11.5 Å². The van der Waals surface area contributed by atoms with Crippen molar-refractivity contribution < 1.29 is 14.3 Å². The normalized spacial score (nSPS) is 15.4. The van der Waals surface area contributed by atoms with Crippen molar-refractivity contribution in [3.05, 3.63) is 47.7 Å². The van der Waals surface area contributed by atoms with Crippen LogP contribution in [0.2, 0.25) is 0 Å². The minimum absolute atomic E-state index is 0.0734. The molecule has 0 unspecified atom stereocenters. The van der Waals surface area contributed by atoms with Crippen molar-refractivity contribution in [3.8, 4) is 11.5 Å². The van der Waals surface area contributed by atoms with Gasteiger partial charge in [-0.1, -0.05) is 6.07 Å². The first-order valence-corrected chi connectivity index (χ1v) is 8.68. The van der Waals surface area contributed by atoms with Gasteiger partial charge in [0.05, 0.1) is 5.56 Å². The summed E-state index contributed by atoms with van der Waals surface area (Å²) in [6, 6.07) is 9.53. The molecule has 4 rings (SSSR count). The first-order chi connectivity index (χ1) is 12.3. The van der Waals surface area contributed by atoms with Crippen LogP contribution in [-0.2, 0) is 6.42 Å². The van der Waals surface area contributed by atoms with E-state index in [0.29, 0.717) is 12.1 Å². The molecule has 2 aliphatic rings. The lowest BCUT2D eigenvalue weighted by atomic mass is 10.1. The van der Waals surface area contributed by atoms with Gasteiger partial charge in [0.2, 0.25) is 6.79 Å². The second kappa shape index (κ2) is 7.01. The van der Waals surface area contributed by atoms with Crippen LogP contribution in [0.5, 0.6) is 11.5 Å². The molecule has 0 aliphatic carbocycles. The van der Waals surface area contributed by atoms with Crippen LogP contribution in [0.15, 0.2) is 36.5 Å². The number of hydrogen-bond donors (Lipinski definition) is 1. The number of amides is 1. The zero-order chi connectivity index (χ0) is 17.1. The summed E-state index contributed by atoms with van der Waals surface area (Å²) in [4.78, 5) is 19.2. The Morgan fingerprint density at radius 2 is 2.00 bits per heavy atom. The molecule has 1 N–H and O–H groups in total. The third-order valence-corrected chi connectivity index (χ3v) is 4.57. The third-order valence-electron chi connectivity index (χ3n) is 4.57. The molecular weight excluding hydrogens is 318 g/mol. The summed E-state index contributed by atoms with van der Waals surface area (Å²) in [5, 5.41) is 3.00. The highest BCUT2D eigenvalue weighted by molar-refractivity contribution is 5.98. The highest BCUT2D eigenvalue weighted by atomic mass is 16.7. The fourth-order valence-electron chi connectivity index (χ4n) is 3.27. The zero-order valence-corrected chi connectivity index (χ0v) is 14.0. The van der Waals surface area contributed by atoms with Crippen LogP contribution >= 0.6 is 0 Å². The fourth-order valence-corrected chi connectivity index (χ4v) is 3.27. The van der Waals surface area contributed by atoms with Crippen molar-refractivity contribution in [2.24, 2.45) is 0 Å². The van der Waals surface area contributed by atoms with Gasteiger partial charge in [-0.3, -0.25) is 4.79 Å². The maximum atomic E-state index is 12.6. The average Bonchev–Trinajstić information content (AvgIpc) is 3.33. The van der Waals surface area contributed by atoms with E-state index in [1.807, 2.05) is 30.3 Å². The van der Waals surface area contributed by atoms with E-state index in [0.717, 1.165) is 55.2 Å². The Labute approximate surface area is 146 Å². The Morgan fingerprint density at radius 1 is 1.16 bits per heavy atom. The number of fused-ring (bicyclic) bond motifs is 1. The molecule has 2 aliphatic heterocycles. The molecule has 1 aromatic heterocycles. The zero-order valence-electron chi connectivity index (χ0n) is 14.0. The topological polar surface area (TPSA) is 63.7 Å². The number of hydrogen-bond acceptors (Lipinski definition) is 5. The number of pyridine rings is 1. The molecule has 1 saturated heterocycles. The summed E-state index contributed by atoms with van der Waals surface area (Å²) in [6.07, 6.45) is 4.79. The van der Waals surface area contributed by atoms with E-state index in [4.69, 9.17) is 9.47 Å². The molecule has 2 aromatic rings. The predicted molar refractivity (Wildman–Crippen MR) is 94.3 cm³/mol. The first-order valence-electron chi connectivity index (χ1n) is 8.68. The van der Waals surface area contributed by atoms with Crippen molar-refractivity contribution >= 4 is 11.7 Å². The van der Waals surface area contributed by atoms with Crippen molar-refractivity contribution in [2.45, 2.75) is 19.3 Å². The summed E-state index contributed by atoms with van der Waals surface area (Å²) < 4.78 is 10.7. The molecule has 1 aromatic carbocycles. The van der Waals surface area contributed by atoms with Gasteiger partial charge in [0, 0.05) is 25.8 Å². The molecule has 0 radical (unpaired) electrons. The lowest BCUT2D eigenvalue weighted by molar-refractivity contribution is 0.0954. The number of anilines is 1. The van der Waals surface area contributed by atoms with Gasteiger partial charge in [-0.25, -0.2) is 4.98 Å². The molecule has 6 heteroatoms. The van der Waals surface area contributed by atoms with Crippen LogP contribution < -0.4 is 19.7 Å². The van der Waals surface area contributed by atoms with Gasteiger partial charge in [-0.05, 0) is 49.1 Å². The van der Waals surface area contributed by atoms with E-state index < -0.39 is 0 Å². The molecule has 0 atom stereocenters. The fraction of sp³-hybridized carbons (Fsp3) is 0.368. The van der Waals surface area contributed by atoms with E-state index in [9.17, 15) is 4.79 Å². The molecule has 25 heavy (non-hydrogen) atoms. The minimum atomic E-state index is -0.0734. The van der Waals surface area contributed by atoms with Crippen LogP contribution in [0.25, 0.3) is 0 Å². The molecule has 1 fully saturated rings. The molecule has 6 nitrogen and oxygen atoms in total. The molecule has 0 bridgehead atoms. The molecular formula is C19H21N3O3. The number of aromatic nitrogens is 1. The Hall–Kier alpha value is -2.76. The molecule has 3 heterocycles. The Bertz CT molecular complexity index is 772. The van der Waals surface area contributed by atoms with Crippen molar-refractivity contribution in [3.63, 3.8) is 0 Å². The van der Waals surface area contributed by atoms with E-state index in [2.05, 4.69) is 15.2 Å². The van der Waals surface area contributed by atoms with Crippen LogP contribution in [0.1, 0.15) is 28.8 Å². The van der Waals surface area contributed by atoms with Gasteiger partial charge in [-0.15, -0.1) is 0 Å². The van der Waals surface area contributed by atoms with Crippen LogP contribution in [-0.4, -0.2) is 37.3 Å². The average molecular weight is 339 g/mol. The SMILES string of the molecule is O=C(NCCc1ccc2c(c1)OCO2)c1cccnc1N1CCCC1. The second-order valence-electron chi connectivity index (χ2n) is 6.26. The van der Waals surface area contributed by atoms with E-state index in [-0.39, 0.29) is 12.7 Å². The standard InChI is InChI=1S/C19H21N3O3/c23-19(15-4-3-8-20-18(15)22-10-1-2-11-22)21-9-7-14-5-6-16-17(12-14)25-13-24-16/h3-6,8,12H,1-2,7,9-11,13H2,(H,21,23). The molecule has 130 valence electrons. The highest BCUT2D eigenvalue weighted by Crippen LogP contribution is 2.32. The number of benzene rings is 1. The minimum Gasteiger partial charge on any atom is -0.454 e. The number of nitrogens with zero attached hydrogens (tertiary/aromatic N) is 2. The quantitative estimate of drug-likeness (QED) is 0.906. The molecule has 1 amide bonds. The summed E-state index contributed by atoms with van der Waals surface area (Å²) in [6.45, 7) is 2.77. The van der Waals surface area contributed by atoms with E-state index in [1.54, 1.807) is 6.20 Å². The third kappa shape index (κ3) is 3.38. The molecule has 0 spiro atoms. The van der Waals surface area contributed by atoms with Crippen LogP contribution in [0.4, 0.5) is 5.82 Å². The Kier molecular flexibility index (Phi) is 4.41. The summed E-state index contributed by atoms with van der Waals surface area (Å²) in [5.41, 5.74) is 1.76. The number of carbonyl (C=O) groups is 1. The Balaban J connectivity index is 1.38. The van der Waals surface area contributed by atoms with Gasteiger partial charge in [-0.2, -0.15) is 0 Å². The van der Waals surface area contributed by atoms with E-state index in [1.165, 1.54) is 0 Å². The summed E-state index contributed by atoms with van der Waals surface area (Å²) in [5.74, 6) is 2.27. The van der Waals surface area contributed by atoms with Gasteiger partial charge >= 0.3 is 0 Å². The number of rotatable bonds is 5. The van der Waals surface area contributed by atoms with Crippen molar-refractivity contribution in [1.29, 1.82) is 0 Å². The van der Waals surface area contributed by atoms with Gasteiger partial charge in [0.25, 0.3) is 5.91 Å². The highest BCUT2D eigenvalue weighted by Gasteiger charge is 2.20. The number of nitrogens with one attached hydrogen (secondary N) is 1. The predicted octanol–water partition coefficient (Wildman–Crippen LogP) is 2.38. The summed E-state index contributed by atoms with van der Waals surface area (Å²) in [7, 11) is 0. The van der Waals surface area contributed by atoms with Crippen molar-refractivity contribution in [1.82, 2.24) is 10.3 Å². The maximum Gasteiger partial charge on any atom is 0.255 e. The largest absolute Gasteiger partial charge is 0.454 e. The van der Waals surface area contributed by atoms with Gasteiger partial charge < -0.3 is 19.7 Å². The lowest BCUT2D eigenvalue weighted by Crippen LogP contribution is -2.29. The number of ether oxygens (including phenoxy) is 2. The number of carbonyl (C=O) groups excluding carboxylic acids is 1.